The maximum atomic E-state index is 9.64. The highest BCUT2D eigenvalue weighted by Crippen LogP contribution is 2.34. The number of benzene rings is 1. The van der Waals surface area contributed by atoms with E-state index in [1.807, 2.05) is 25.1 Å². The summed E-state index contributed by atoms with van der Waals surface area (Å²) in [6.45, 7) is 1.81. The Morgan fingerprint density at radius 1 is 1.44 bits per heavy atom. The van der Waals surface area contributed by atoms with Crippen molar-refractivity contribution in [2.45, 2.75) is 31.7 Å². The molecule has 2 rings (SSSR count). The molecule has 3 nitrogen and oxygen atoms in total. The Morgan fingerprint density at radius 2 is 2.19 bits per heavy atom. The second kappa shape index (κ2) is 4.72. The molecular formula is C12H15ClO3. The average molecular weight is 243 g/mol. The molecule has 1 heterocycles. The lowest BCUT2D eigenvalue weighted by Crippen LogP contribution is -2.24. The van der Waals surface area contributed by atoms with Crippen molar-refractivity contribution in [3.8, 4) is 0 Å². The largest absolute Gasteiger partial charge is 0.394 e. The third kappa shape index (κ3) is 2.38. The number of halogens is 1. The molecule has 0 amide bonds. The van der Waals surface area contributed by atoms with Gasteiger partial charge in [0.2, 0.25) is 0 Å². The highest BCUT2D eigenvalue weighted by Gasteiger charge is 2.34. The highest BCUT2D eigenvalue weighted by atomic mass is 35.5. The summed E-state index contributed by atoms with van der Waals surface area (Å²) >= 11 is 5.97. The maximum Gasteiger partial charge on any atom is 0.107 e. The van der Waals surface area contributed by atoms with Crippen LogP contribution in [0.5, 0.6) is 0 Å². The van der Waals surface area contributed by atoms with Crippen LogP contribution >= 0.6 is 11.6 Å². The van der Waals surface area contributed by atoms with E-state index in [2.05, 4.69) is 0 Å². The van der Waals surface area contributed by atoms with Crippen LogP contribution in [0, 0.1) is 6.92 Å². The fourth-order valence-corrected chi connectivity index (χ4v) is 2.36. The van der Waals surface area contributed by atoms with Crippen molar-refractivity contribution in [2.75, 3.05) is 6.61 Å². The van der Waals surface area contributed by atoms with Gasteiger partial charge in [-0.1, -0.05) is 17.7 Å². The molecule has 16 heavy (non-hydrogen) atoms. The fraction of sp³-hybridized carbons (Fsp3) is 0.500. The normalized spacial score (nSPS) is 29.6. The topological polar surface area (TPSA) is 49.7 Å². The Labute approximate surface area is 99.6 Å². The third-order valence-corrected chi connectivity index (χ3v) is 3.06. The molecule has 1 aliphatic heterocycles. The molecule has 3 atom stereocenters. The molecule has 4 heteroatoms. The second-order valence-corrected chi connectivity index (χ2v) is 4.65. The van der Waals surface area contributed by atoms with Gasteiger partial charge in [-0.2, -0.15) is 0 Å². The van der Waals surface area contributed by atoms with E-state index >= 15 is 0 Å². The Morgan fingerprint density at radius 3 is 2.75 bits per heavy atom. The van der Waals surface area contributed by atoms with E-state index in [1.165, 1.54) is 0 Å². The molecule has 1 aromatic carbocycles. The Bertz CT molecular complexity index is 360. The van der Waals surface area contributed by atoms with Crippen molar-refractivity contribution in [1.82, 2.24) is 0 Å². The lowest BCUT2D eigenvalue weighted by molar-refractivity contribution is -0.0225. The highest BCUT2D eigenvalue weighted by molar-refractivity contribution is 6.30. The molecule has 0 radical (unpaired) electrons. The summed E-state index contributed by atoms with van der Waals surface area (Å²) in [5, 5.41) is 19.3. The van der Waals surface area contributed by atoms with Crippen LogP contribution in [0.15, 0.2) is 18.2 Å². The zero-order valence-electron chi connectivity index (χ0n) is 9.06. The number of hydrogen-bond acceptors (Lipinski definition) is 3. The van der Waals surface area contributed by atoms with Crippen molar-refractivity contribution in [3.05, 3.63) is 34.3 Å². The predicted molar refractivity (Wildman–Crippen MR) is 61.5 cm³/mol. The van der Waals surface area contributed by atoms with Crippen LogP contribution in [0.3, 0.4) is 0 Å². The number of aryl methyl sites for hydroxylation is 1. The summed E-state index contributed by atoms with van der Waals surface area (Å²) in [5.41, 5.74) is 2.02. The molecule has 2 N–H and O–H groups in total. The molecule has 1 saturated heterocycles. The molecule has 88 valence electrons. The van der Waals surface area contributed by atoms with E-state index in [0.29, 0.717) is 11.4 Å². The van der Waals surface area contributed by atoms with Gasteiger partial charge in [0.05, 0.1) is 18.8 Å². The van der Waals surface area contributed by atoms with Crippen molar-refractivity contribution in [1.29, 1.82) is 0 Å². The van der Waals surface area contributed by atoms with Crippen molar-refractivity contribution >= 4 is 11.6 Å². The molecular weight excluding hydrogens is 228 g/mol. The maximum absolute atomic E-state index is 9.64. The van der Waals surface area contributed by atoms with E-state index in [-0.39, 0.29) is 12.7 Å². The molecule has 0 spiro atoms. The standard InChI is InChI=1S/C12H15ClO3/c1-7-2-8(4-9(13)3-7)11-5-10(15)12(6-14)16-11/h2-4,10-12,14-15H,5-6H2,1H3/t10-,11+,12+/m0/s1. The van der Waals surface area contributed by atoms with Crippen LogP contribution in [0.2, 0.25) is 5.02 Å². The van der Waals surface area contributed by atoms with E-state index in [0.717, 1.165) is 11.1 Å². The Balaban J connectivity index is 2.19. The van der Waals surface area contributed by atoms with E-state index in [1.54, 1.807) is 0 Å². The van der Waals surface area contributed by atoms with Gasteiger partial charge in [-0.25, -0.2) is 0 Å². The van der Waals surface area contributed by atoms with Gasteiger partial charge in [0.25, 0.3) is 0 Å². The van der Waals surface area contributed by atoms with Crippen LogP contribution in [-0.4, -0.2) is 29.0 Å². The summed E-state index contributed by atoms with van der Waals surface area (Å²) in [5.74, 6) is 0. The zero-order valence-corrected chi connectivity index (χ0v) is 9.81. The van der Waals surface area contributed by atoms with Gasteiger partial charge in [-0.3, -0.25) is 0 Å². The molecule has 1 fully saturated rings. The quantitative estimate of drug-likeness (QED) is 0.832. The van der Waals surface area contributed by atoms with Crippen molar-refractivity contribution < 1.29 is 14.9 Å². The number of aliphatic hydroxyl groups is 2. The summed E-state index contributed by atoms with van der Waals surface area (Å²) in [7, 11) is 0. The van der Waals surface area contributed by atoms with Gasteiger partial charge in [-0.15, -0.1) is 0 Å². The molecule has 0 unspecified atom stereocenters. The lowest BCUT2D eigenvalue weighted by Gasteiger charge is -2.13. The van der Waals surface area contributed by atoms with Gasteiger partial charge in [0, 0.05) is 11.4 Å². The molecule has 0 saturated carbocycles. The van der Waals surface area contributed by atoms with Gasteiger partial charge in [0.15, 0.2) is 0 Å². The minimum absolute atomic E-state index is 0.156. The van der Waals surface area contributed by atoms with Gasteiger partial charge < -0.3 is 14.9 Å². The minimum atomic E-state index is -0.603. The van der Waals surface area contributed by atoms with Gasteiger partial charge in [0.1, 0.15) is 6.10 Å². The monoisotopic (exact) mass is 242 g/mol. The van der Waals surface area contributed by atoms with Crippen LogP contribution in [0.4, 0.5) is 0 Å². The van der Waals surface area contributed by atoms with Crippen LogP contribution < -0.4 is 0 Å². The predicted octanol–water partition coefficient (Wildman–Crippen LogP) is 1.83. The summed E-state index contributed by atoms with van der Waals surface area (Å²) in [6.07, 6.45) is -0.756. The van der Waals surface area contributed by atoms with Crippen molar-refractivity contribution in [2.24, 2.45) is 0 Å². The number of aliphatic hydroxyl groups excluding tert-OH is 2. The molecule has 0 bridgehead atoms. The molecule has 0 aromatic heterocycles. The first-order valence-electron chi connectivity index (χ1n) is 5.31. The van der Waals surface area contributed by atoms with E-state index < -0.39 is 12.2 Å². The number of rotatable bonds is 2. The smallest absolute Gasteiger partial charge is 0.107 e. The first-order chi connectivity index (χ1) is 7.60. The van der Waals surface area contributed by atoms with E-state index in [4.69, 9.17) is 21.4 Å². The lowest BCUT2D eigenvalue weighted by atomic mass is 10.0. The van der Waals surface area contributed by atoms with Crippen LogP contribution in [0.1, 0.15) is 23.7 Å². The van der Waals surface area contributed by atoms with Gasteiger partial charge >= 0.3 is 0 Å². The number of hydrogen-bond donors (Lipinski definition) is 2. The summed E-state index contributed by atoms with van der Waals surface area (Å²) in [4.78, 5) is 0. The minimum Gasteiger partial charge on any atom is -0.394 e. The molecule has 0 aliphatic carbocycles. The third-order valence-electron chi connectivity index (χ3n) is 2.84. The van der Waals surface area contributed by atoms with Crippen LogP contribution in [-0.2, 0) is 4.74 Å². The summed E-state index contributed by atoms with van der Waals surface area (Å²) in [6, 6.07) is 5.70. The molecule has 1 aliphatic rings. The average Bonchev–Trinajstić information content (AvgIpc) is 2.58. The fourth-order valence-electron chi connectivity index (χ4n) is 2.06. The van der Waals surface area contributed by atoms with Crippen molar-refractivity contribution in [3.63, 3.8) is 0 Å². The second-order valence-electron chi connectivity index (χ2n) is 4.21. The van der Waals surface area contributed by atoms with E-state index in [9.17, 15) is 5.11 Å². The first kappa shape index (κ1) is 11.9. The summed E-state index contributed by atoms with van der Waals surface area (Å²) < 4.78 is 5.56. The molecule has 1 aromatic rings. The van der Waals surface area contributed by atoms with Crippen LogP contribution in [0.25, 0.3) is 0 Å². The Kier molecular flexibility index (Phi) is 3.50. The first-order valence-corrected chi connectivity index (χ1v) is 5.69. The van der Waals surface area contributed by atoms with Gasteiger partial charge in [-0.05, 0) is 30.2 Å². The zero-order chi connectivity index (χ0) is 11.7. The Hall–Kier alpha value is -0.610. The SMILES string of the molecule is Cc1cc(Cl)cc([C@H]2C[C@H](O)[C@@H](CO)O2)c1. The number of ether oxygens (including phenoxy) is 1.